The highest BCUT2D eigenvalue weighted by atomic mass is 79.9. The van der Waals surface area contributed by atoms with Gasteiger partial charge in [0.2, 0.25) is 0 Å². The van der Waals surface area contributed by atoms with E-state index in [1.165, 1.54) is 4.90 Å². The minimum atomic E-state index is 0.873. The maximum absolute atomic E-state index is 5.11. The fraction of sp³-hybridized carbons (Fsp3) is 0.0833. The molecule has 0 fully saturated rings. The van der Waals surface area contributed by atoms with Crippen molar-refractivity contribution >= 4 is 27.7 Å². The van der Waals surface area contributed by atoms with Crippen molar-refractivity contribution in [2.24, 2.45) is 0 Å². The maximum atomic E-state index is 5.11. The van der Waals surface area contributed by atoms with Crippen LogP contribution in [0, 0.1) is 0 Å². The molecule has 2 nitrogen and oxygen atoms in total. The molecule has 0 aliphatic rings. The Labute approximate surface area is 107 Å². The van der Waals surface area contributed by atoms with Gasteiger partial charge >= 0.3 is 0 Å². The Morgan fingerprint density at radius 2 is 1.94 bits per heavy atom. The molecule has 0 aliphatic heterocycles. The summed E-state index contributed by atoms with van der Waals surface area (Å²) >= 11 is 5.16. The third kappa shape index (κ3) is 2.77. The zero-order valence-corrected chi connectivity index (χ0v) is 11.1. The first-order chi connectivity index (χ1) is 7.79. The summed E-state index contributed by atoms with van der Waals surface area (Å²) in [5.41, 5.74) is 0. The summed E-state index contributed by atoms with van der Waals surface area (Å²) in [6.45, 7) is 0. The lowest BCUT2D eigenvalue weighted by molar-refractivity contribution is 0.414. The zero-order valence-electron chi connectivity index (χ0n) is 8.68. The molecule has 0 saturated heterocycles. The Bertz CT molecular complexity index is 473. The fourth-order valence-electron chi connectivity index (χ4n) is 1.22. The molecule has 0 radical (unpaired) electrons. The average molecular weight is 296 g/mol. The second kappa shape index (κ2) is 5.37. The number of halogens is 1. The lowest BCUT2D eigenvalue weighted by Crippen LogP contribution is -1.82. The summed E-state index contributed by atoms with van der Waals surface area (Å²) in [6, 6.07) is 9.97. The Balaban J connectivity index is 2.18. The van der Waals surface area contributed by atoms with Crippen LogP contribution in [0.1, 0.15) is 0 Å². The van der Waals surface area contributed by atoms with Gasteiger partial charge in [-0.15, -0.1) is 0 Å². The van der Waals surface area contributed by atoms with E-state index in [0.29, 0.717) is 0 Å². The Morgan fingerprint density at radius 3 is 2.56 bits per heavy atom. The highest BCUT2D eigenvalue weighted by Crippen LogP contribution is 2.33. The number of nitrogens with zero attached hydrogens (tertiary/aromatic N) is 1. The summed E-state index contributed by atoms with van der Waals surface area (Å²) < 4.78 is 6.12. The second-order valence-electron chi connectivity index (χ2n) is 3.08. The molecule has 4 heteroatoms. The van der Waals surface area contributed by atoms with Crippen molar-refractivity contribution in [2.75, 3.05) is 7.11 Å². The quantitative estimate of drug-likeness (QED) is 0.854. The van der Waals surface area contributed by atoms with Crippen LogP contribution in [0.5, 0.6) is 5.75 Å². The summed E-state index contributed by atoms with van der Waals surface area (Å²) in [7, 11) is 1.67. The third-order valence-corrected chi connectivity index (χ3v) is 4.00. The first kappa shape index (κ1) is 11.5. The summed E-state index contributed by atoms with van der Waals surface area (Å²) in [5.74, 6) is 0.873. The van der Waals surface area contributed by atoms with Crippen molar-refractivity contribution < 1.29 is 4.74 Å². The summed E-state index contributed by atoms with van der Waals surface area (Å²) in [6.07, 6.45) is 3.59. The van der Waals surface area contributed by atoms with Gasteiger partial charge in [0.1, 0.15) is 5.75 Å². The van der Waals surface area contributed by atoms with Gasteiger partial charge in [0.15, 0.2) is 0 Å². The van der Waals surface area contributed by atoms with Crippen LogP contribution >= 0.6 is 27.7 Å². The minimum absolute atomic E-state index is 0.873. The lowest BCUT2D eigenvalue weighted by Gasteiger charge is -2.04. The predicted octanol–water partition coefficient (Wildman–Crippen LogP) is 4.00. The van der Waals surface area contributed by atoms with Gasteiger partial charge in [-0.05, 0) is 46.3 Å². The topological polar surface area (TPSA) is 22.1 Å². The minimum Gasteiger partial charge on any atom is -0.497 e. The van der Waals surface area contributed by atoms with E-state index >= 15 is 0 Å². The molecule has 0 bridgehead atoms. The van der Waals surface area contributed by atoms with E-state index in [0.717, 1.165) is 15.1 Å². The van der Waals surface area contributed by atoms with Crippen molar-refractivity contribution in [3.05, 3.63) is 47.2 Å². The van der Waals surface area contributed by atoms with Gasteiger partial charge in [0, 0.05) is 26.7 Å². The van der Waals surface area contributed by atoms with E-state index in [1.807, 2.05) is 30.3 Å². The first-order valence-electron chi connectivity index (χ1n) is 4.71. The van der Waals surface area contributed by atoms with Crippen molar-refractivity contribution in [3.63, 3.8) is 0 Å². The number of benzene rings is 1. The molecule has 2 rings (SSSR count). The van der Waals surface area contributed by atoms with Crippen LogP contribution in [-0.2, 0) is 0 Å². The first-order valence-corrected chi connectivity index (χ1v) is 6.32. The Kier molecular flexibility index (Phi) is 3.85. The second-order valence-corrected chi connectivity index (χ2v) is 5.05. The maximum Gasteiger partial charge on any atom is 0.118 e. The predicted molar refractivity (Wildman–Crippen MR) is 69.1 cm³/mol. The largest absolute Gasteiger partial charge is 0.497 e. The van der Waals surface area contributed by atoms with Gasteiger partial charge in [0.05, 0.1) is 7.11 Å². The molecular formula is C12H10BrNOS. The highest BCUT2D eigenvalue weighted by molar-refractivity contribution is 9.10. The number of pyridine rings is 1. The highest BCUT2D eigenvalue weighted by Gasteiger charge is 2.01. The van der Waals surface area contributed by atoms with Crippen LogP contribution in [0.25, 0.3) is 0 Å². The van der Waals surface area contributed by atoms with E-state index in [4.69, 9.17) is 4.74 Å². The molecule has 0 amide bonds. The van der Waals surface area contributed by atoms with Crippen molar-refractivity contribution in [3.8, 4) is 5.75 Å². The average Bonchev–Trinajstić information content (AvgIpc) is 2.33. The van der Waals surface area contributed by atoms with E-state index in [-0.39, 0.29) is 0 Å². The SMILES string of the molecule is COc1ccc(Sc2ccncc2Br)cc1. The molecular weight excluding hydrogens is 286 g/mol. The fourth-order valence-corrected chi connectivity index (χ4v) is 2.51. The molecule has 0 unspecified atom stereocenters. The molecule has 82 valence electrons. The van der Waals surface area contributed by atoms with E-state index in [2.05, 4.69) is 20.9 Å². The van der Waals surface area contributed by atoms with E-state index < -0.39 is 0 Å². The zero-order chi connectivity index (χ0) is 11.4. The molecule has 0 atom stereocenters. The normalized spacial score (nSPS) is 10.1. The van der Waals surface area contributed by atoms with E-state index in [1.54, 1.807) is 31.3 Å². The van der Waals surface area contributed by atoms with Gasteiger partial charge in [-0.1, -0.05) is 11.8 Å². The van der Waals surface area contributed by atoms with Gasteiger partial charge in [-0.25, -0.2) is 0 Å². The van der Waals surface area contributed by atoms with Gasteiger partial charge in [-0.3, -0.25) is 4.98 Å². The van der Waals surface area contributed by atoms with Crippen LogP contribution in [0.3, 0.4) is 0 Å². The molecule has 0 spiro atoms. The van der Waals surface area contributed by atoms with Crippen LogP contribution in [0.2, 0.25) is 0 Å². The molecule has 0 saturated carbocycles. The molecule has 0 N–H and O–H groups in total. The van der Waals surface area contributed by atoms with Crippen molar-refractivity contribution in [1.29, 1.82) is 0 Å². The smallest absolute Gasteiger partial charge is 0.118 e. The van der Waals surface area contributed by atoms with Crippen LogP contribution in [0.15, 0.2) is 57.0 Å². The molecule has 2 aromatic rings. The number of methoxy groups -OCH3 is 1. The van der Waals surface area contributed by atoms with Crippen LogP contribution < -0.4 is 4.74 Å². The van der Waals surface area contributed by atoms with Gasteiger partial charge in [0.25, 0.3) is 0 Å². The lowest BCUT2D eigenvalue weighted by atomic mass is 10.3. The number of hydrogen-bond donors (Lipinski definition) is 0. The number of rotatable bonds is 3. The Hall–Kier alpha value is -1.00. The van der Waals surface area contributed by atoms with E-state index in [9.17, 15) is 0 Å². The van der Waals surface area contributed by atoms with Crippen molar-refractivity contribution in [1.82, 2.24) is 4.98 Å². The monoisotopic (exact) mass is 295 g/mol. The third-order valence-electron chi connectivity index (χ3n) is 2.02. The molecule has 1 aromatic heterocycles. The van der Waals surface area contributed by atoms with Crippen molar-refractivity contribution in [2.45, 2.75) is 9.79 Å². The molecule has 16 heavy (non-hydrogen) atoms. The van der Waals surface area contributed by atoms with Gasteiger partial charge in [-0.2, -0.15) is 0 Å². The van der Waals surface area contributed by atoms with Crippen LogP contribution in [0.4, 0.5) is 0 Å². The summed E-state index contributed by atoms with van der Waals surface area (Å²) in [4.78, 5) is 6.36. The number of ether oxygens (including phenoxy) is 1. The standard InChI is InChI=1S/C12H10BrNOS/c1-15-9-2-4-10(5-3-9)16-12-6-7-14-8-11(12)13/h2-8H,1H3. The van der Waals surface area contributed by atoms with Crippen LogP contribution in [-0.4, -0.2) is 12.1 Å². The molecule has 1 heterocycles. The number of hydrogen-bond acceptors (Lipinski definition) is 3. The number of aromatic nitrogens is 1. The Morgan fingerprint density at radius 1 is 1.19 bits per heavy atom. The van der Waals surface area contributed by atoms with Gasteiger partial charge < -0.3 is 4.74 Å². The molecule has 0 aliphatic carbocycles. The summed E-state index contributed by atoms with van der Waals surface area (Å²) in [5, 5.41) is 0. The molecule has 1 aromatic carbocycles.